The van der Waals surface area contributed by atoms with Gasteiger partial charge in [0.15, 0.2) is 0 Å². The van der Waals surface area contributed by atoms with Gasteiger partial charge in [-0.25, -0.2) is 4.98 Å². The Morgan fingerprint density at radius 1 is 1.43 bits per heavy atom. The first kappa shape index (κ1) is 14.8. The lowest BCUT2D eigenvalue weighted by Gasteiger charge is -2.49. The van der Waals surface area contributed by atoms with E-state index in [0.717, 1.165) is 15.8 Å². The molecule has 5 heterocycles. The third kappa shape index (κ3) is 2.48. The van der Waals surface area contributed by atoms with Gasteiger partial charge >= 0.3 is 0 Å². The molecule has 2 aromatic rings. The number of thiophene rings is 1. The van der Waals surface area contributed by atoms with E-state index in [4.69, 9.17) is 0 Å². The van der Waals surface area contributed by atoms with Crippen LogP contribution in [0, 0.1) is 5.92 Å². The van der Waals surface area contributed by atoms with Crippen LogP contribution >= 0.6 is 11.3 Å². The van der Waals surface area contributed by atoms with Gasteiger partial charge in [-0.05, 0) is 50.9 Å². The average molecular weight is 327 g/mol. The summed E-state index contributed by atoms with van der Waals surface area (Å²) in [4.78, 5) is 19.7. The molecule has 5 heteroatoms. The summed E-state index contributed by atoms with van der Waals surface area (Å²) in [6.07, 6.45) is 4.17. The van der Waals surface area contributed by atoms with E-state index in [9.17, 15) is 4.79 Å². The Labute approximate surface area is 140 Å². The van der Waals surface area contributed by atoms with Crippen LogP contribution in [0.15, 0.2) is 24.1 Å². The predicted molar refractivity (Wildman–Crippen MR) is 94.7 cm³/mol. The number of nitrogens with one attached hydrogen (secondary N) is 1. The van der Waals surface area contributed by atoms with Crippen molar-refractivity contribution in [3.05, 3.63) is 35.3 Å². The number of hydrogen-bond donors (Lipinski definition) is 1. The molecule has 3 fully saturated rings. The van der Waals surface area contributed by atoms with Crippen LogP contribution in [-0.2, 0) is 0 Å². The van der Waals surface area contributed by atoms with Crippen LogP contribution in [0.4, 0.5) is 0 Å². The van der Waals surface area contributed by atoms with E-state index >= 15 is 0 Å². The number of rotatable bonds is 3. The first-order chi connectivity index (χ1) is 11.2. The summed E-state index contributed by atoms with van der Waals surface area (Å²) < 4.78 is 1.09. The number of carbonyl (C=O) groups is 1. The SMILES string of the molecule is C=Cc1csc2ccc(C(=O)N[C@@H]3C4CCN(CC4)[C@H]3C)nc12. The van der Waals surface area contributed by atoms with Crippen molar-refractivity contribution in [1.29, 1.82) is 0 Å². The lowest BCUT2D eigenvalue weighted by Crippen LogP contribution is -2.62. The van der Waals surface area contributed by atoms with Gasteiger partial charge in [-0.2, -0.15) is 0 Å². The normalized spacial score (nSPS) is 29.6. The summed E-state index contributed by atoms with van der Waals surface area (Å²) in [6, 6.07) is 4.46. The van der Waals surface area contributed by atoms with Crippen LogP contribution in [0.2, 0.25) is 0 Å². The van der Waals surface area contributed by atoms with Crippen molar-refractivity contribution in [2.75, 3.05) is 13.1 Å². The second-order valence-corrected chi connectivity index (χ2v) is 7.46. The molecule has 0 spiro atoms. The molecule has 0 aromatic carbocycles. The molecular weight excluding hydrogens is 306 g/mol. The number of carbonyl (C=O) groups excluding carboxylic acids is 1. The highest BCUT2D eigenvalue weighted by Crippen LogP contribution is 2.32. The molecule has 0 aliphatic carbocycles. The number of hydrogen-bond acceptors (Lipinski definition) is 4. The first-order valence-electron chi connectivity index (χ1n) is 8.23. The molecule has 0 unspecified atom stereocenters. The molecule has 3 aliphatic rings. The molecule has 0 saturated carbocycles. The highest BCUT2D eigenvalue weighted by Gasteiger charge is 2.40. The van der Waals surface area contributed by atoms with Gasteiger partial charge in [-0.1, -0.05) is 12.7 Å². The topological polar surface area (TPSA) is 45.2 Å². The van der Waals surface area contributed by atoms with Crippen molar-refractivity contribution in [1.82, 2.24) is 15.2 Å². The van der Waals surface area contributed by atoms with Crippen LogP contribution in [-0.4, -0.2) is 41.0 Å². The minimum Gasteiger partial charge on any atom is -0.346 e. The maximum Gasteiger partial charge on any atom is 0.270 e. The lowest BCUT2D eigenvalue weighted by molar-refractivity contribution is 0.0216. The van der Waals surface area contributed by atoms with Crippen molar-refractivity contribution in [2.24, 2.45) is 5.92 Å². The Morgan fingerprint density at radius 2 is 2.22 bits per heavy atom. The highest BCUT2D eigenvalue weighted by atomic mass is 32.1. The average Bonchev–Trinajstić information content (AvgIpc) is 3.00. The molecular formula is C18H21N3OS. The number of nitrogens with zero attached hydrogens (tertiary/aromatic N) is 2. The zero-order valence-electron chi connectivity index (χ0n) is 13.3. The highest BCUT2D eigenvalue weighted by molar-refractivity contribution is 7.17. The van der Waals surface area contributed by atoms with Crippen molar-refractivity contribution in [3.63, 3.8) is 0 Å². The van der Waals surface area contributed by atoms with Gasteiger partial charge in [-0.3, -0.25) is 9.69 Å². The third-order valence-corrected chi connectivity index (χ3v) is 6.33. The molecule has 2 atom stereocenters. The van der Waals surface area contributed by atoms with E-state index in [2.05, 4.69) is 28.7 Å². The van der Waals surface area contributed by atoms with Crippen LogP contribution in [0.1, 0.15) is 35.8 Å². The van der Waals surface area contributed by atoms with Gasteiger partial charge in [0.1, 0.15) is 5.69 Å². The van der Waals surface area contributed by atoms with Gasteiger partial charge in [0.2, 0.25) is 0 Å². The zero-order chi connectivity index (χ0) is 16.0. The number of fused-ring (bicyclic) bond motifs is 4. The van der Waals surface area contributed by atoms with Gasteiger partial charge in [0.25, 0.3) is 5.91 Å². The van der Waals surface area contributed by atoms with E-state index in [1.165, 1.54) is 25.9 Å². The molecule has 1 amide bonds. The van der Waals surface area contributed by atoms with E-state index in [-0.39, 0.29) is 11.9 Å². The fourth-order valence-electron chi connectivity index (χ4n) is 3.97. The Morgan fingerprint density at radius 3 is 2.91 bits per heavy atom. The van der Waals surface area contributed by atoms with Gasteiger partial charge in [0, 0.05) is 23.0 Å². The summed E-state index contributed by atoms with van der Waals surface area (Å²) in [7, 11) is 0. The maximum atomic E-state index is 12.7. The molecule has 120 valence electrons. The van der Waals surface area contributed by atoms with Crippen LogP contribution in [0.25, 0.3) is 16.3 Å². The monoisotopic (exact) mass is 327 g/mol. The van der Waals surface area contributed by atoms with Crippen molar-refractivity contribution < 1.29 is 4.79 Å². The first-order valence-corrected chi connectivity index (χ1v) is 9.11. The Balaban J connectivity index is 1.58. The molecule has 2 bridgehead atoms. The Bertz CT molecular complexity index is 759. The summed E-state index contributed by atoms with van der Waals surface area (Å²) in [6.45, 7) is 8.37. The predicted octanol–water partition coefficient (Wildman–Crippen LogP) is 3.15. The standard InChI is InChI=1S/C18H21N3OS/c1-3-12-10-23-15-5-4-14(19-17(12)15)18(22)20-16-11(2)21-8-6-13(16)7-9-21/h3-5,10-11,13,16H,1,6-9H2,2H3,(H,20,22)/t11-,16-/m0/s1. The summed E-state index contributed by atoms with van der Waals surface area (Å²) in [5.41, 5.74) is 2.37. The summed E-state index contributed by atoms with van der Waals surface area (Å²) in [5, 5.41) is 5.27. The summed E-state index contributed by atoms with van der Waals surface area (Å²) in [5.74, 6) is 0.547. The van der Waals surface area contributed by atoms with Crippen LogP contribution < -0.4 is 5.32 Å². The summed E-state index contributed by atoms with van der Waals surface area (Å²) >= 11 is 1.63. The van der Waals surface area contributed by atoms with Gasteiger partial charge in [0.05, 0.1) is 10.2 Å². The minimum atomic E-state index is -0.0567. The number of pyridine rings is 1. The minimum absolute atomic E-state index is 0.0567. The number of aromatic nitrogens is 1. The van der Waals surface area contributed by atoms with Gasteiger partial charge in [-0.15, -0.1) is 11.3 Å². The van der Waals surface area contributed by atoms with E-state index < -0.39 is 0 Å². The van der Waals surface area contributed by atoms with E-state index in [1.54, 1.807) is 17.4 Å². The molecule has 3 aliphatic heterocycles. The van der Waals surface area contributed by atoms with Crippen LogP contribution in [0.3, 0.4) is 0 Å². The van der Waals surface area contributed by atoms with Crippen molar-refractivity contribution >= 4 is 33.5 Å². The van der Waals surface area contributed by atoms with E-state index in [0.29, 0.717) is 17.7 Å². The van der Waals surface area contributed by atoms with Crippen LogP contribution in [0.5, 0.6) is 0 Å². The quantitative estimate of drug-likeness (QED) is 0.942. The van der Waals surface area contributed by atoms with Gasteiger partial charge < -0.3 is 5.32 Å². The fourth-order valence-corrected chi connectivity index (χ4v) is 4.86. The van der Waals surface area contributed by atoms with E-state index in [1.807, 2.05) is 17.5 Å². The zero-order valence-corrected chi connectivity index (χ0v) is 14.1. The van der Waals surface area contributed by atoms with Crippen molar-refractivity contribution in [2.45, 2.75) is 31.8 Å². The molecule has 4 nitrogen and oxygen atoms in total. The fraction of sp³-hybridized carbons (Fsp3) is 0.444. The smallest absolute Gasteiger partial charge is 0.270 e. The molecule has 1 N–H and O–H groups in total. The molecule has 0 radical (unpaired) electrons. The molecule has 3 saturated heterocycles. The Kier molecular flexibility index (Phi) is 3.70. The second-order valence-electron chi connectivity index (χ2n) is 6.55. The lowest BCUT2D eigenvalue weighted by atomic mass is 9.79. The number of piperidine rings is 3. The molecule has 23 heavy (non-hydrogen) atoms. The number of amides is 1. The third-order valence-electron chi connectivity index (χ3n) is 5.37. The maximum absolute atomic E-state index is 12.7. The van der Waals surface area contributed by atoms with Crippen molar-refractivity contribution in [3.8, 4) is 0 Å². The molecule has 2 aromatic heterocycles. The molecule has 5 rings (SSSR count). The largest absolute Gasteiger partial charge is 0.346 e. The Hall–Kier alpha value is -1.72. The second kappa shape index (κ2) is 5.73.